The Morgan fingerprint density at radius 1 is 1.27 bits per heavy atom. The molecule has 1 fully saturated rings. The van der Waals surface area contributed by atoms with Gasteiger partial charge < -0.3 is 15.2 Å². The van der Waals surface area contributed by atoms with Gasteiger partial charge in [-0.2, -0.15) is 0 Å². The summed E-state index contributed by atoms with van der Waals surface area (Å²) in [6, 6.07) is 10.2. The number of piperidine rings is 1. The lowest BCUT2D eigenvalue weighted by atomic mass is 9.97. The normalized spacial score (nSPS) is 14.7. The number of nitrogens with zero attached hydrogens (tertiary/aromatic N) is 3. The summed E-state index contributed by atoms with van der Waals surface area (Å²) in [5, 5.41) is 15.8. The van der Waals surface area contributed by atoms with E-state index in [-0.39, 0.29) is 18.3 Å². The third-order valence-corrected chi connectivity index (χ3v) is 5.50. The molecule has 1 amide bonds. The number of benzene rings is 1. The average molecular weight is 396 g/mol. The van der Waals surface area contributed by atoms with E-state index in [1.165, 1.54) is 17.3 Å². The summed E-state index contributed by atoms with van der Waals surface area (Å²) in [4.78, 5) is 12.0. The fourth-order valence-corrected chi connectivity index (χ4v) is 3.81. The Bertz CT molecular complexity index is 688. The molecule has 0 radical (unpaired) electrons. The molecule has 6 nitrogen and oxygen atoms in total. The Morgan fingerprint density at radius 2 is 2.00 bits per heavy atom. The van der Waals surface area contributed by atoms with Crippen molar-refractivity contribution in [3.8, 4) is 0 Å². The van der Waals surface area contributed by atoms with Gasteiger partial charge in [-0.3, -0.25) is 4.79 Å². The van der Waals surface area contributed by atoms with E-state index in [2.05, 4.69) is 33.0 Å². The maximum atomic E-state index is 12.0. The highest BCUT2D eigenvalue weighted by Crippen LogP contribution is 2.26. The van der Waals surface area contributed by atoms with Gasteiger partial charge in [-0.15, -0.1) is 22.6 Å². The largest absolute Gasteiger partial charge is 0.355 e. The third-order valence-electron chi connectivity index (χ3n) is 4.48. The molecule has 1 aromatic carbocycles. The van der Waals surface area contributed by atoms with E-state index in [4.69, 9.17) is 0 Å². The molecule has 0 bridgehead atoms. The average Bonchev–Trinajstić information content (AvgIpc) is 3.02. The number of aromatic nitrogens is 3. The first kappa shape index (κ1) is 20.7. The second-order valence-electron chi connectivity index (χ2n) is 6.30. The van der Waals surface area contributed by atoms with Gasteiger partial charge in [-0.1, -0.05) is 42.1 Å². The van der Waals surface area contributed by atoms with Crippen molar-refractivity contribution in [3.63, 3.8) is 0 Å². The molecule has 0 saturated carbocycles. The van der Waals surface area contributed by atoms with Crippen molar-refractivity contribution >= 4 is 30.1 Å². The highest BCUT2D eigenvalue weighted by Gasteiger charge is 2.21. The molecule has 0 aliphatic carbocycles. The van der Waals surface area contributed by atoms with Crippen molar-refractivity contribution in [1.82, 2.24) is 25.4 Å². The van der Waals surface area contributed by atoms with Gasteiger partial charge >= 0.3 is 0 Å². The standard InChI is InChI=1S/C18H25N5OS.ClH/c1-23-17(15-8-10-19-11-9-15)21-22-18(23)25-13-16(24)20-12-7-14-5-3-2-4-6-14;/h2-6,15,19H,7-13H2,1H3,(H,20,24);1H. The number of carbonyl (C=O) groups excluding carboxylic acids is 1. The number of rotatable bonds is 7. The van der Waals surface area contributed by atoms with Gasteiger partial charge in [0.1, 0.15) is 5.82 Å². The van der Waals surface area contributed by atoms with Gasteiger partial charge in [-0.25, -0.2) is 0 Å². The molecular formula is C18H26ClN5OS. The fourth-order valence-electron chi connectivity index (χ4n) is 3.06. The molecule has 0 atom stereocenters. The van der Waals surface area contributed by atoms with Crippen LogP contribution in [0.3, 0.4) is 0 Å². The van der Waals surface area contributed by atoms with Crippen LogP contribution in [0.25, 0.3) is 0 Å². The molecule has 2 aromatic rings. The Morgan fingerprint density at radius 3 is 2.73 bits per heavy atom. The highest BCUT2D eigenvalue weighted by molar-refractivity contribution is 7.99. The number of nitrogens with one attached hydrogen (secondary N) is 2. The topological polar surface area (TPSA) is 71.8 Å². The van der Waals surface area contributed by atoms with E-state index < -0.39 is 0 Å². The van der Waals surface area contributed by atoms with Gasteiger partial charge in [0.15, 0.2) is 5.16 Å². The Hall–Kier alpha value is -1.57. The lowest BCUT2D eigenvalue weighted by Crippen LogP contribution is -2.28. The molecule has 1 aromatic heterocycles. The summed E-state index contributed by atoms with van der Waals surface area (Å²) in [5.41, 5.74) is 1.23. The van der Waals surface area contributed by atoms with Crippen LogP contribution in [0, 0.1) is 0 Å². The molecule has 0 spiro atoms. The van der Waals surface area contributed by atoms with Crippen LogP contribution in [-0.4, -0.2) is 46.1 Å². The number of carbonyl (C=O) groups is 1. The number of halogens is 1. The van der Waals surface area contributed by atoms with E-state index in [9.17, 15) is 4.79 Å². The maximum Gasteiger partial charge on any atom is 0.230 e. The van der Waals surface area contributed by atoms with E-state index in [0.717, 1.165) is 43.3 Å². The molecular weight excluding hydrogens is 370 g/mol. The Labute approximate surface area is 164 Å². The first-order valence-electron chi connectivity index (χ1n) is 8.77. The first-order valence-corrected chi connectivity index (χ1v) is 9.76. The van der Waals surface area contributed by atoms with Gasteiger partial charge in [0.2, 0.25) is 5.91 Å². The minimum atomic E-state index is 0. The van der Waals surface area contributed by atoms with E-state index in [0.29, 0.717) is 18.2 Å². The molecule has 8 heteroatoms. The monoisotopic (exact) mass is 395 g/mol. The van der Waals surface area contributed by atoms with E-state index >= 15 is 0 Å². The van der Waals surface area contributed by atoms with Crippen molar-refractivity contribution in [3.05, 3.63) is 41.7 Å². The first-order chi connectivity index (χ1) is 12.2. The van der Waals surface area contributed by atoms with Crippen LogP contribution in [-0.2, 0) is 18.3 Å². The lowest BCUT2D eigenvalue weighted by molar-refractivity contribution is -0.118. The van der Waals surface area contributed by atoms with Crippen molar-refractivity contribution in [1.29, 1.82) is 0 Å². The van der Waals surface area contributed by atoms with E-state index in [1.807, 2.05) is 29.8 Å². The summed E-state index contributed by atoms with van der Waals surface area (Å²) in [6.07, 6.45) is 3.04. The van der Waals surface area contributed by atoms with Crippen LogP contribution in [0.15, 0.2) is 35.5 Å². The van der Waals surface area contributed by atoms with Gasteiger partial charge in [0.05, 0.1) is 5.75 Å². The molecule has 1 aliphatic heterocycles. The van der Waals surface area contributed by atoms with Crippen LogP contribution in [0.5, 0.6) is 0 Å². The Kier molecular flexibility index (Phi) is 8.41. The summed E-state index contributed by atoms with van der Waals surface area (Å²) < 4.78 is 2.04. The second kappa shape index (κ2) is 10.5. The molecule has 1 aliphatic rings. The molecule has 142 valence electrons. The summed E-state index contributed by atoms with van der Waals surface area (Å²) >= 11 is 1.45. The lowest BCUT2D eigenvalue weighted by Gasteiger charge is -2.21. The second-order valence-corrected chi connectivity index (χ2v) is 7.24. The maximum absolute atomic E-state index is 12.0. The minimum absolute atomic E-state index is 0. The molecule has 1 saturated heterocycles. The molecule has 2 heterocycles. The molecule has 0 unspecified atom stereocenters. The minimum Gasteiger partial charge on any atom is -0.355 e. The third kappa shape index (κ3) is 5.72. The van der Waals surface area contributed by atoms with Crippen molar-refractivity contribution in [2.24, 2.45) is 7.05 Å². The van der Waals surface area contributed by atoms with Crippen LogP contribution in [0.1, 0.15) is 30.1 Å². The SMILES string of the molecule is Cl.Cn1c(SCC(=O)NCCc2ccccc2)nnc1C1CCNCC1. The van der Waals surface area contributed by atoms with Crippen molar-refractivity contribution in [2.45, 2.75) is 30.3 Å². The highest BCUT2D eigenvalue weighted by atomic mass is 35.5. The smallest absolute Gasteiger partial charge is 0.230 e. The van der Waals surface area contributed by atoms with Crippen molar-refractivity contribution < 1.29 is 4.79 Å². The van der Waals surface area contributed by atoms with Gasteiger partial charge in [-0.05, 0) is 37.9 Å². The number of hydrogen-bond acceptors (Lipinski definition) is 5. The van der Waals surface area contributed by atoms with Gasteiger partial charge in [0.25, 0.3) is 0 Å². The summed E-state index contributed by atoms with van der Waals surface area (Å²) in [7, 11) is 1.99. The fraction of sp³-hybridized carbons (Fsp3) is 0.500. The zero-order valence-electron chi connectivity index (χ0n) is 15.0. The molecule has 26 heavy (non-hydrogen) atoms. The molecule has 3 rings (SSSR count). The predicted octanol–water partition coefficient (Wildman–Crippen LogP) is 2.15. The van der Waals surface area contributed by atoms with Crippen molar-refractivity contribution in [2.75, 3.05) is 25.4 Å². The number of thioether (sulfide) groups is 1. The number of amides is 1. The zero-order chi connectivity index (χ0) is 17.5. The van der Waals surface area contributed by atoms with Crippen LogP contribution >= 0.6 is 24.2 Å². The Balaban J connectivity index is 0.00000243. The summed E-state index contributed by atoms with van der Waals surface area (Å²) in [6.45, 7) is 2.72. The zero-order valence-corrected chi connectivity index (χ0v) is 16.6. The van der Waals surface area contributed by atoms with E-state index in [1.54, 1.807) is 0 Å². The number of hydrogen-bond donors (Lipinski definition) is 2. The molecule has 2 N–H and O–H groups in total. The summed E-state index contributed by atoms with van der Waals surface area (Å²) in [5.74, 6) is 1.90. The van der Waals surface area contributed by atoms with Crippen LogP contribution < -0.4 is 10.6 Å². The quantitative estimate of drug-likeness (QED) is 0.703. The van der Waals surface area contributed by atoms with Crippen LogP contribution in [0.4, 0.5) is 0 Å². The predicted molar refractivity (Wildman–Crippen MR) is 107 cm³/mol. The van der Waals surface area contributed by atoms with Crippen LogP contribution in [0.2, 0.25) is 0 Å². The van der Waals surface area contributed by atoms with Gasteiger partial charge in [0, 0.05) is 19.5 Å².